The third-order valence-corrected chi connectivity index (χ3v) is 6.56. The Kier molecular flexibility index (Phi) is 6.20. The smallest absolute Gasteiger partial charge is 0.269 e. The maximum atomic E-state index is 12.4. The Morgan fingerprint density at radius 1 is 1.09 bits per heavy atom. The van der Waals surface area contributed by atoms with E-state index in [9.17, 15) is 9.59 Å². The van der Waals surface area contributed by atoms with Crippen molar-refractivity contribution >= 4 is 16.8 Å². The molecule has 0 bridgehead atoms. The first-order chi connectivity index (χ1) is 16.0. The summed E-state index contributed by atoms with van der Waals surface area (Å²) in [6, 6.07) is 8.51. The van der Waals surface area contributed by atoms with Crippen LogP contribution >= 0.6 is 0 Å². The van der Waals surface area contributed by atoms with Crippen LogP contribution in [0.2, 0.25) is 0 Å². The highest BCUT2D eigenvalue weighted by Gasteiger charge is 2.21. The highest BCUT2D eigenvalue weighted by Crippen LogP contribution is 2.21. The van der Waals surface area contributed by atoms with Gasteiger partial charge in [0.25, 0.3) is 5.56 Å². The standard InChI is InChI=1S/C25H29N5O3/c1-17-2-3-22-23(10-17)30(24(32)15-27-22)9-8-29-6-4-20(5-7-29)26-13-18-11-19-12-21(31)16-33-25(19)28-14-18/h2-3,10-11,14-15,20,26H,4-9,12-13,16H2,1H3. The van der Waals surface area contributed by atoms with Gasteiger partial charge >= 0.3 is 0 Å². The summed E-state index contributed by atoms with van der Waals surface area (Å²) in [5.74, 6) is 0.682. The molecular weight excluding hydrogens is 418 g/mol. The molecule has 5 rings (SSSR count). The number of Topliss-reactive ketones (excluding diaryl/α,β-unsaturated/α-hetero) is 1. The molecule has 0 aliphatic carbocycles. The van der Waals surface area contributed by atoms with E-state index < -0.39 is 0 Å². The highest BCUT2D eigenvalue weighted by atomic mass is 16.5. The van der Waals surface area contributed by atoms with Gasteiger partial charge in [0.2, 0.25) is 5.88 Å². The summed E-state index contributed by atoms with van der Waals surface area (Å²) in [6.45, 7) is 6.41. The van der Waals surface area contributed by atoms with E-state index in [0.717, 1.165) is 66.7 Å². The van der Waals surface area contributed by atoms with E-state index in [0.29, 0.717) is 24.9 Å². The molecule has 0 saturated carbocycles. The Morgan fingerprint density at radius 2 is 1.94 bits per heavy atom. The molecule has 8 heteroatoms. The van der Waals surface area contributed by atoms with E-state index in [2.05, 4.69) is 20.2 Å². The lowest BCUT2D eigenvalue weighted by atomic mass is 10.0. The van der Waals surface area contributed by atoms with Crippen LogP contribution in [0.1, 0.15) is 29.5 Å². The number of ether oxygens (including phenoxy) is 1. The fourth-order valence-electron chi connectivity index (χ4n) is 4.68. The van der Waals surface area contributed by atoms with Crippen molar-refractivity contribution in [3.05, 3.63) is 63.7 Å². The number of rotatable bonds is 6. The zero-order valence-electron chi connectivity index (χ0n) is 18.9. The molecule has 0 amide bonds. The second kappa shape index (κ2) is 9.41. The summed E-state index contributed by atoms with van der Waals surface area (Å²) < 4.78 is 7.22. The van der Waals surface area contributed by atoms with Crippen LogP contribution in [0.15, 0.2) is 41.5 Å². The topological polar surface area (TPSA) is 89.4 Å². The van der Waals surface area contributed by atoms with Crippen LogP contribution in [-0.4, -0.2) is 57.5 Å². The summed E-state index contributed by atoms with van der Waals surface area (Å²) in [7, 11) is 0. The Morgan fingerprint density at radius 3 is 2.79 bits per heavy atom. The maximum Gasteiger partial charge on any atom is 0.269 e. The minimum absolute atomic E-state index is 0.0459. The zero-order valence-corrected chi connectivity index (χ0v) is 18.9. The lowest BCUT2D eigenvalue weighted by molar-refractivity contribution is -0.121. The molecule has 2 aliphatic rings. The van der Waals surface area contributed by atoms with E-state index >= 15 is 0 Å². The largest absolute Gasteiger partial charge is 0.469 e. The van der Waals surface area contributed by atoms with Gasteiger partial charge in [-0.2, -0.15) is 0 Å². The molecule has 8 nitrogen and oxygen atoms in total. The third kappa shape index (κ3) is 4.96. The van der Waals surface area contributed by atoms with Crippen LogP contribution in [0.5, 0.6) is 5.88 Å². The summed E-state index contributed by atoms with van der Waals surface area (Å²) in [5.41, 5.74) is 4.81. The van der Waals surface area contributed by atoms with Crippen molar-refractivity contribution in [3.63, 3.8) is 0 Å². The Bertz CT molecular complexity index is 1230. The van der Waals surface area contributed by atoms with Crippen molar-refractivity contribution in [1.82, 2.24) is 24.8 Å². The number of nitrogens with zero attached hydrogens (tertiary/aromatic N) is 4. The summed E-state index contributed by atoms with van der Waals surface area (Å²) in [4.78, 5) is 35.1. The first-order valence-corrected chi connectivity index (χ1v) is 11.6. The predicted molar refractivity (Wildman–Crippen MR) is 125 cm³/mol. The number of likely N-dealkylation sites (tertiary alicyclic amines) is 1. The number of carbonyl (C=O) groups excluding carboxylic acids is 1. The fraction of sp³-hybridized carbons (Fsp3) is 0.440. The molecule has 1 aromatic carbocycles. The minimum Gasteiger partial charge on any atom is -0.469 e. The molecule has 0 radical (unpaired) electrons. The van der Waals surface area contributed by atoms with Crippen LogP contribution in [0.4, 0.5) is 0 Å². The van der Waals surface area contributed by atoms with Crippen LogP contribution in [0.25, 0.3) is 11.0 Å². The lowest BCUT2D eigenvalue weighted by Crippen LogP contribution is -2.43. The Balaban J connectivity index is 1.13. The third-order valence-electron chi connectivity index (χ3n) is 6.56. The molecule has 0 atom stereocenters. The predicted octanol–water partition coefficient (Wildman–Crippen LogP) is 1.86. The molecule has 2 aromatic heterocycles. The highest BCUT2D eigenvalue weighted by molar-refractivity contribution is 5.84. The van der Waals surface area contributed by atoms with E-state index in [-0.39, 0.29) is 17.9 Å². The molecule has 0 unspecified atom stereocenters. The number of hydrogen-bond donors (Lipinski definition) is 1. The van der Waals surface area contributed by atoms with Crippen LogP contribution in [0, 0.1) is 6.92 Å². The maximum absolute atomic E-state index is 12.4. The number of hydrogen-bond acceptors (Lipinski definition) is 7. The van der Waals surface area contributed by atoms with Crippen LogP contribution < -0.4 is 15.6 Å². The summed E-state index contributed by atoms with van der Waals surface area (Å²) in [6.07, 6.45) is 5.78. The number of benzene rings is 1. The van der Waals surface area contributed by atoms with Crippen LogP contribution in [-0.2, 0) is 24.3 Å². The summed E-state index contributed by atoms with van der Waals surface area (Å²) >= 11 is 0. The molecular formula is C25H29N5O3. The number of piperidine rings is 1. The van der Waals surface area contributed by atoms with Crippen molar-refractivity contribution in [3.8, 4) is 5.88 Å². The first kappa shape index (κ1) is 21.7. The molecule has 33 heavy (non-hydrogen) atoms. The monoisotopic (exact) mass is 447 g/mol. The summed E-state index contributed by atoms with van der Waals surface area (Å²) in [5, 5.41) is 3.63. The molecule has 1 N–H and O–H groups in total. The lowest BCUT2D eigenvalue weighted by Gasteiger charge is -2.32. The van der Waals surface area contributed by atoms with Gasteiger partial charge in [0.15, 0.2) is 5.78 Å². The zero-order chi connectivity index (χ0) is 22.8. The number of pyridine rings is 1. The number of fused-ring (bicyclic) bond motifs is 2. The van der Waals surface area contributed by atoms with Crippen molar-refractivity contribution in [2.45, 2.75) is 45.3 Å². The van der Waals surface area contributed by atoms with Crippen LogP contribution in [0.3, 0.4) is 0 Å². The van der Waals surface area contributed by atoms with Gasteiger partial charge < -0.3 is 19.5 Å². The Labute approximate surface area is 192 Å². The number of nitrogens with one attached hydrogen (secondary N) is 1. The van der Waals surface area contributed by atoms with Crippen molar-refractivity contribution in [1.29, 1.82) is 0 Å². The average molecular weight is 448 g/mol. The minimum atomic E-state index is -0.0459. The van der Waals surface area contributed by atoms with Gasteiger partial charge in [0.1, 0.15) is 6.61 Å². The van der Waals surface area contributed by atoms with Gasteiger partial charge in [-0.15, -0.1) is 0 Å². The van der Waals surface area contributed by atoms with Crippen molar-refractivity contribution in [2.24, 2.45) is 0 Å². The van der Waals surface area contributed by atoms with Gasteiger partial charge in [0, 0.05) is 43.9 Å². The molecule has 2 aliphatic heterocycles. The van der Waals surface area contributed by atoms with Gasteiger partial charge in [0.05, 0.1) is 17.2 Å². The van der Waals surface area contributed by atoms with Crippen molar-refractivity contribution in [2.75, 3.05) is 26.2 Å². The number of ketones is 1. The Hall–Kier alpha value is -3.10. The molecule has 0 spiro atoms. The van der Waals surface area contributed by atoms with Gasteiger partial charge in [-0.3, -0.25) is 9.59 Å². The molecule has 172 valence electrons. The van der Waals surface area contributed by atoms with E-state index in [1.165, 1.54) is 6.20 Å². The molecule has 4 heterocycles. The molecule has 3 aromatic rings. The van der Waals surface area contributed by atoms with E-state index in [1.54, 1.807) is 0 Å². The number of aryl methyl sites for hydroxylation is 1. The number of aromatic nitrogens is 3. The molecule has 1 saturated heterocycles. The fourth-order valence-corrected chi connectivity index (χ4v) is 4.68. The average Bonchev–Trinajstić information content (AvgIpc) is 2.82. The quantitative estimate of drug-likeness (QED) is 0.617. The van der Waals surface area contributed by atoms with E-state index in [1.807, 2.05) is 42.0 Å². The van der Waals surface area contributed by atoms with E-state index in [4.69, 9.17) is 4.74 Å². The first-order valence-electron chi connectivity index (χ1n) is 11.6. The normalized spacial score (nSPS) is 17.2. The van der Waals surface area contributed by atoms with Crippen molar-refractivity contribution < 1.29 is 9.53 Å². The van der Waals surface area contributed by atoms with Gasteiger partial charge in [-0.1, -0.05) is 6.07 Å². The SMILES string of the molecule is Cc1ccc2ncc(=O)n(CCN3CCC(NCc4cnc5c(c4)CC(=O)CO5)CC3)c2c1. The molecule has 1 fully saturated rings. The van der Waals surface area contributed by atoms with Gasteiger partial charge in [-0.25, -0.2) is 9.97 Å². The second-order valence-corrected chi connectivity index (χ2v) is 9.05. The second-order valence-electron chi connectivity index (χ2n) is 9.05. The number of carbonyl (C=O) groups is 1. The van der Waals surface area contributed by atoms with Gasteiger partial charge in [-0.05, 0) is 62.2 Å².